The summed E-state index contributed by atoms with van der Waals surface area (Å²) in [6.07, 6.45) is 2.81. The van der Waals surface area contributed by atoms with Crippen molar-refractivity contribution in [1.82, 2.24) is 10.6 Å². The van der Waals surface area contributed by atoms with Crippen LogP contribution in [0.1, 0.15) is 12.8 Å². The first kappa shape index (κ1) is 11.5. The fourth-order valence-corrected chi connectivity index (χ4v) is 1.93. The van der Waals surface area contributed by atoms with Crippen LogP contribution in [-0.2, 0) is 0 Å². The predicted octanol–water partition coefficient (Wildman–Crippen LogP) is 0.801. The molecule has 2 heterocycles. The Morgan fingerprint density at radius 1 is 1.09 bits per heavy atom. The van der Waals surface area contributed by atoms with Gasteiger partial charge in [-0.2, -0.15) is 0 Å². The highest BCUT2D eigenvalue weighted by molar-refractivity contribution is 5.85. The topological polar surface area (TPSA) is 24.1 Å². The van der Waals surface area contributed by atoms with Gasteiger partial charge in [-0.15, -0.1) is 24.8 Å². The highest BCUT2D eigenvalue weighted by Crippen LogP contribution is 2.18. The van der Waals surface area contributed by atoms with Crippen molar-refractivity contribution < 1.29 is 0 Å². The van der Waals surface area contributed by atoms with Crippen molar-refractivity contribution in [2.45, 2.75) is 18.9 Å². The molecule has 0 bridgehead atoms. The molecule has 68 valence electrons. The minimum Gasteiger partial charge on any atom is -0.315 e. The lowest BCUT2D eigenvalue weighted by Gasteiger charge is -2.24. The number of rotatable bonds is 0. The molecule has 0 aromatic rings. The molecule has 0 amide bonds. The van der Waals surface area contributed by atoms with Crippen LogP contribution in [0.5, 0.6) is 0 Å². The van der Waals surface area contributed by atoms with Crippen LogP contribution in [0.25, 0.3) is 0 Å². The molecule has 2 N–H and O–H groups in total. The maximum Gasteiger partial charge on any atom is 0.0232 e. The molecule has 2 fully saturated rings. The molecule has 2 aliphatic rings. The zero-order chi connectivity index (χ0) is 6.10. The highest BCUT2D eigenvalue weighted by atomic mass is 35.5. The van der Waals surface area contributed by atoms with Crippen molar-refractivity contribution >= 4 is 24.8 Å². The lowest BCUT2D eigenvalue weighted by molar-refractivity contribution is 0.339. The molecule has 0 spiro atoms. The van der Waals surface area contributed by atoms with E-state index in [4.69, 9.17) is 0 Å². The summed E-state index contributed by atoms with van der Waals surface area (Å²) in [7, 11) is 0. The number of hydrogen-bond acceptors (Lipinski definition) is 2. The molecule has 2 aliphatic heterocycles. The number of piperidine rings is 1. The first-order chi connectivity index (χ1) is 4.47. The third kappa shape index (κ3) is 2.48. The van der Waals surface area contributed by atoms with E-state index in [1.54, 1.807) is 0 Å². The van der Waals surface area contributed by atoms with Crippen LogP contribution < -0.4 is 10.6 Å². The fourth-order valence-electron chi connectivity index (χ4n) is 1.93. The molecular formula is C7H16Cl2N2. The molecule has 0 aromatic carbocycles. The molecule has 0 aromatic heterocycles. The van der Waals surface area contributed by atoms with Crippen LogP contribution in [0.3, 0.4) is 0 Å². The first-order valence-corrected chi connectivity index (χ1v) is 3.91. The lowest BCUT2D eigenvalue weighted by atomic mass is 9.94. The van der Waals surface area contributed by atoms with E-state index in [-0.39, 0.29) is 24.8 Å². The summed E-state index contributed by atoms with van der Waals surface area (Å²) in [5.41, 5.74) is 0. The van der Waals surface area contributed by atoms with Gasteiger partial charge in [-0.25, -0.2) is 0 Å². The van der Waals surface area contributed by atoms with E-state index >= 15 is 0 Å². The monoisotopic (exact) mass is 198 g/mol. The highest BCUT2D eigenvalue weighted by Gasteiger charge is 2.28. The van der Waals surface area contributed by atoms with Gasteiger partial charge in [0.1, 0.15) is 0 Å². The van der Waals surface area contributed by atoms with Gasteiger partial charge in [0.15, 0.2) is 0 Å². The largest absolute Gasteiger partial charge is 0.315 e. The fraction of sp³-hybridized carbons (Fsp3) is 1.00. The van der Waals surface area contributed by atoms with Crippen LogP contribution >= 0.6 is 24.8 Å². The van der Waals surface area contributed by atoms with Crippen LogP contribution in [0.4, 0.5) is 0 Å². The third-order valence-electron chi connectivity index (χ3n) is 2.50. The molecule has 2 saturated heterocycles. The van der Waals surface area contributed by atoms with E-state index < -0.39 is 0 Å². The van der Waals surface area contributed by atoms with Gasteiger partial charge in [0.2, 0.25) is 0 Å². The van der Waals surface area contributed by atoms with Crippen molar-refractivity contribution in [3.05, 3.63) is 0 Å². The zero-order valence-corrected chi connectivity index (χ0v) is 8.14. The van der Waals surface area contributed by atoms with Gasteiger partial charge in [0, 0.05) is 12.6 Å². The molecule has 4 heteroatoms. The Hall–Kier alpha value is 0.500. The molecule has 0 unspecified atom stereocenters. The number of hydrogen-bond donors (Lipinski definition) is 2. The van der Waals surface area contributed by atoms with Crippen LogP contribution in [0.2, 0.25) is 0 Å². The average Bonchev–Trinajstić information content (AvgIpc) is 2.33. The van der Waals surface area contributed by atoms with E-state index in [1.165, 1.54) is 32.5 Å². The zero-order valence-electron chi connectivity index (χ0n) is 6.51. The SMILES string of the molecule is C1CN[C@@H]2CNC[C@@H]2C1.Cl.Cl. The number of nitrogens with one attached hydrogen (secondary N) is 2. The average molecular weight is 199 g/mol. The Bertz CT molecular complexity index is 98.6. The van der Waals surface area contributed by atoms with Crippen molar-refractivity contribution in [2.75, 3.05) is 19.6 Å². The van der Waals surface area contributed by atoms with Gasteiger partial charge in [-0.1, -0.05) is 0 Å². The maximum absolute atomic E-state index is 3.52. The summed E-state index contributed by atoms with van der Waals surface area (Å²) < 4.78 is 0. The third-order valence-corrected chi connectivity index (χ3v) is 2.50. The van der Waals surface area contributed by atoms with E-state index in [1.807, 2.05) is 0 Å². The van der Waals surface area contributed by atoms with Crippen LogP contribution in [-0.4, -0.2) is 25.7 Å². The molecule has 0 aliphatic carbocycles. The summed E-state index contributed by atoms with van der Waals surface area (Å²) in [5.74, 6) is 0.943. The van der Waals surface area contributed by atoms with E-state index in [0.29, 0.717) is 0 Å². The number of fused-ring (bicyclic) bond motifs is 1. The smallest absolute Gasteiger partial charge is 0.0232 e. The normalized spacial score (nSPS) is 34.9. The van der Waals surface area contributed by atoms with E-state index in [0.717, 1.165) is 12.0 Å². The van der Waals surface area contributed by atoms with Crippen molar-refractivity contribution in [2.24, 2.45) is 5.92 Å². The molecule has 11 heavy (non-hydrogen) atoms. The van der Waals surface area contributed by atoms with Crippen molar-refractivity contribution in [1.29, 1.82) is 0 Å². The minimum atomic E-state index is 0. The Balaban J connectivity index is 0.000000500. The van der Waals surface area contributed by atoms with Crippen molar-refractivity contribution in [3.63, 3.8) is 0 Å². The lowest BCUT2D eigenvalue weighted by Crippen LogP contribution is -2.40. The minimum absolute atomic E-state index is 0. The van der Waals surface area contributed by atoms with E-state index in [9.17, 15) is 0 Å². The van der Waals surface area contributed by atoms with Gasteiger partial charge in [-0.3, -0.25) is 0 Å². The maximum atomic E-state index is 3.52. The first-order valence-electron chi connectivity index (χ1n) is 3.91. The molecule has 2 rings (SSSR count). The summed E-state index contributed by atoms with van der Waals surface area (Å²) in [6, 6.07) is 0.804. The summed E-state index contributed by atoms with van der Waals surface area (Å²) in [4.78, 5) is 0. The second-order valence-corrected chi connectivity index (χ2v) is 3.12. The Morgan fingerprint density at radius 2 is 1.91 bits per heavy atom. The Labute approximate surface area is 80.3 Å². The van der Waals surface area contributed by atoms with Gasteiger partial charge in [-0.05, 0) is 31.8 Å². The second-order valence-electron chi connectivity index (χ2n) is 3.12. The van der Waals surface area contributed by atoms with Gasteiger partial charge in [0.05, 0.1) is 0 Å². The van der Waals surface area contributed by atoms with Crippen molar-refractivity contribution in [3.8, 4) is 0 Å². The molecule has 2 nitrogen and oxygen atoms in total. The summed E-state index contributed by atoms with van der Waals surface area (Å²) >= 11 is 0. The molecule has 0 radical (unpaired) electrons. The molecular weight excluding hydrogens is 183 g/mol. The predicted molar refractivity (Wildman–Crippen MR) is 51.9 cm³/mol. The quantitative estimate of drug-likeness (QED) is 0.603. The van der Waals surface area contributed by atoms with Gasteiger partial charge >= 0.3 is 0 Å². The molecule has 2 atom stereocenters. The molecule has 0 saturated carbocycles. The van der Waals surface area contributed by atoms with Crippen LogP contribution in [0.15, 0.2) is 0 Å². The van der Waals surface area contributed by atoms with E-state index in [2.05, 4.69) is 10.6 Å². The van der Waals surface area contributed by atoms with Crippen LogP contribution in [0, 0.1) is 5.92 Å². The van der Waals surface area contributed by atoms with Gasteiger partial charge < -0.3 is 10.6 Å². The standard InChI is InChI=1S/C7H14N2.2ClH/c1-2-6-4-8-5-7(6)9-3-1;;/h6-9H,1-5H2;2*1H/t6-,7+;;/m0../s1. The summed E-state index contributed by atoms with van der Waals surface area (Å²) in [5, 5.41) is 6.92. The second kappa shape index (κ2) is 5.20. The summed E-state index contributed by atoms with van der Waals surface area (Å²) in [6.45, 7) is 3.69. The van der Waals surface area contributed by atoms with Gasteiger partial charge in [0.25, 0.3) is 0 Å². The Kier molecular flexibility index (Phi) is 5.44. The Morgan fingerprint density at radius 3 is 2.64 bits per heavy atom. The number of halogens is 2.